The summed E-state index contributed by atoms with van der Waals surface area (Å²) in [5, 5.41) is 13.4. The Morgan fingerprint density at radius 2 is 1.19 bits per heavy atom. The van der Waals surface area contributed by atoms with Gasteiger partial charge in [0.05, 0.1) is 18.8 Å². The van der Waals surface area contributed by atoms with E-state index in [1.54, 1.807) is 21.1 Å². The van der Waals surface area contributed by atoms with Crippen molar-refractivity contribution in [3.05, 3.63) is 0 Å². The Kier molecular flexibility index (Phi) is 19.8. The molecule has 1 aliphatic rings. The van der Waals surface area contributed by atoms with E-state index in [0.29, 0.717) is 18.0 Å². The van der Waals surface area contributed by atoms with Crippen molar-refractivity contribution in [2.75, 3.05) is 20.8 Å². The van der Waals surface area contributed by atoms with Crippen molar-refractivity contribution >= 4 is 17.2 Å². The van der Waals surface area contributed by atoms with E-state index in [9.17, 15) is 5.11 Å². The second-order valence-electron chi connectivity index (χ2n) is 6.35. The summed E-state index contributed by atoms with van der Waals surface area (Å²) >= 11 is 5.22. The van der Waals surface area contributed by atoms with Gasteiger partial charge in [-0.2, -0.15) is 0 Å². The minimum atomic E-state index is -0.633. The van der Waals surface area contributed by atoms with Crippen molar-refractivity contribution in [2.24, 2.45) is 5.92 Å². The number of thiocarbonyl (C=S) groups is 1. The molecule has 0 aliphatic heterocycles. The van der Waals surface area contributed by atoms with Gasteiger partial charge in [-0.05, 0) is 114 Å². The average Bonchev–Trinajstić information content (AvgIpc) is 3.14. The van der Waals surface area contributed by atoms with E-state index in [-0.39, 0.29) is 44.7 Å². The molecule has 0 saturated heterocycles. The first kappa shape index (κ1) is 32.5. The van der Waals surface area contributed by atoms with Gasteiger partial charge < -0.3 is 19.9 Å². The SMILES string of the molecule is CC#CC#CC#CC#CC#CC#CC#CC#CC#CC#CC(=S)N[C@@H]1C[C@H](COC)C(O)[C@@H]1OC.[Y]. The summed E-state index contributed by atoms with van der Waals surface area (Å²) in [5.41, 5.74) is 0. The number of hydrogen-bond acceptors (Lipinski definition) is 4. The van der Waals surface area contributed by atoms with Gasteiger partial charge in [0.15, 0.2) is 4.99 Å². The summed E-state index contributed by atoms with van der Waals surface area (Å²) in [7, 11) is 3.15. The minimum absolute atomic E-state index is 0. The smallest absolute Gasteiger partial charge is 0.152 e. The zero-order chi connectivity index (χ0) is 25.6. The van der Waals surface area contributed by atoms with E-state index in [1.165, 1.54) is 0 Å². The molecule has 171 valence electrons. The molecule has 0 aromatic rings. The van der Waals surface area contributed by atoms with Gasteiger partial charge in [-0.1, -0.05) is 18.1 Å². The van der Waals surface area contributed by atoms with Gasteiger partial charge in [-0.3, -0.25) is 0 Å². The van der Waals surface area contributed by atoms with E-state index in [4.69, 9.17) is 21.7 Å². The minimum Gasteiger partial charge on any atom is -0.390 e. The predicted molar refractivity (Wildman–Crippen MR) is 140 cm³/mol. The predicted octanol–water partition coefficient (Wildman–Crippen LogP) is 0.366. The van der Waals surface area contributed by atoms with Gasteiger partial charge in [0.2, 0.25) is 0 Å². The molecule has 0 amide bonds. The van der Waals surface area contributed by atoms with Crippen LogP contribution in [0.5, 0.6) is 0 Å². The maximum absolute atomic E-state index is 10.3. The van der Waals surface area contributed by atoms with Crippen molar-refractivity contribution in [3.63, 3.8) is 0 Å². The molecule has 1 saturated carbocycles. The maximum atomic E-state index is 10.3. The molecule has 0 heterocycles. The molecule has 36 heavy (non-hydrogen) atoms. The topological polar surface area (TPSA) is 50.7 Å². The van der Waals surface area contributed by atoms with Gasteiger partial charge >= 0.3 is 0 Å². The van der Waals surface area contributed by atoms with Crippen molar-refractivity contribution in [2.45, 2.75) is 31.6 Å². The van der Waals surface area contributed by atoms with Crippen LogP contribution in [0.1, 0.15) is 13.3 Å². The fraction of sp³-hybridized carbons (Fsp3) is 0.300. The van der Waals surface area contributed by atoms with Crippen LogP contribution in [0.2, 0.25) is 0 Å². The van der Waals surface area contributed by atoms with Crippen LogP contribution < -0.4 is 5.32 Å². The van der Waals surface area contributed by atoms with E-state index in [1.807, 2.05) is 0 Å². The van der Waals surface area contributed by atoms with Crippen LogP contribution in [0, 0.1) is 124 Å². The quantitative estimate of drug-likeness (QED) is 0.383. The van der Waals surface area contributed by atoms with Gasteiger partial charge in [0.1, 0.15) is 6.10 Å². The van der Waals surface area contributed by atoms with Crippen LogP contribution in [0.3, 0.4) is 0 Å². The van der Waals surface area contributed by atoms with Crippen LogP contribution in [-0.2, 0) is 42.2 Å². The Bertz CT molecular complexity index is 1430. The molecule has 1 radical (unpaired) electrons. The van der Waals surface area contributed by atoms with Crippen molar-refractivity contribution in [1.82, 2.24) is 5.32 Å². The second-order valence-corrected chi connectivity index (χ2v) is 6.76. The molecular weight excluding hydrogens is 543 g/mol. The number of ether oxygens (including phenoxy) is 2. The first-order valence-electron chi connectivity index (χ1n) is 10.1. The van der Waals surface area contributed by atoms with E-state index >= 15 is 0 Å². The van der Waals surface area contributed by atoms with Crippen LogP contribution in [0.25, 0.3) is 0 Å². The number of nitrogens with one attached hydrogen (secondary N) is 1. The molecule has 0 spiro atoms. The third-order valence-corrected chi connectivity index (χ3v) is 4.33. The summed E-state index contributed by atoms with van der Waals surface area (Å²) in [6.45, 7) is 2.14. The summed E-state index contributed by atoms with van der Waals surface area (Å²) in [6.07, 6.45) is -0.364. The molecular formula is C30H19NO3SY. The fourth-order valence-corrected chi connectivity index (χ4v) is 2.99. The Morgan fingerprint density at radius 3 is 1.58 bits per heavy atom. The molecule has 0 bridgehead atoms. The summed E-state index contributed by atoms with van der Waals surface area (Å²) < 4.78 is 10.5. The molecule has 4 nitrogen and oxygen atoms in total. The standard InChI is InChI=1S/C30H19NO3S.Y/c1-4-5-6-7-8-9-10-11-12-13-14-15-16-17-18-19-20-21-22-23-28(35)31-27-24-26(25-33-2)29(32)30(27)34-3;/h26-27,29-30,32H,24-25H2,1-3H3,(H,31,35);/t26-,27-,29?,30-;/m1./s1. The molecule has 4 atom stereocenters. The first-order valence-corrected chi connectivity index (χ1v) is 10.5. The Balaban J connectivity index is 0.0000122. The van der Waals surface area contributed by atoms with E-state index in [0.717, 1.165) is 0 Å². The molecule has 0 aromatic carbocycles. The first-order chi connectivity index (χ1) is 17.1. The third-order valence-electron chi connectivity index (χ3n) is 4.11. The monoisotopic (exact) mass is 562 g/mol. The van der Waals surface area contributed by atoms with Crippen LogP contribution in [0.4, 0.5) is 0 Å². The number of hydrogen-bond donors (Lipinski definition) is 2. The fourth-order valence-electron chi connectivity index (χ4n) is 2.79. The molecule has 6 heteroatoms. The van der Waals surface area contributed by atoms with Crippen LogP contribution >= 0.6 is 12.2 Å². The second kappa shape index (κ2) is 22.0. The van der Waals surface area contributed by atoms with Gasteiger partial charge in [0, 0.05) is 64.7 Å². The molecule has 2 N–H and O–H groups in total. The molecule has 1 unspecified atom stereocenters. The summed E-state index contributed by atoms with van der Waals surface area (Å²) in [5.74, 6) is 50.9. The van der Waals surface area contributed by atoms with E-state index in [2.05, 4.69) is 124 Å². The molecule has 1 fully saturated rings. The molecule has 1 rings (SSSR count). The van der Waals surface area contributed by atoms with Crippen LogP contribution in [-0.4, -0.2) is 49.2 Å². The van der Waals surface area contributed by atoms with Gasteiger partial charge in [0.25, 0.3) is 0 Å². The van der Waals surface area contributed by atoms with Crippen molar-refractivity contribution in [3.8, 4) is 118 Å². The van der Waals surface area contributed by atoms with Crippen LogP contribution in [0.15, 0.2) is 0 Å². The Hall–Kier alpha value is -3.53. The summed E-state index contributed by atoms with van der Waals surface area (Å²) in [4.78, 5) is 0.313. The van der Waals surface area contributed by atoms with Crippen molar-refractivity contribution < 1.29 is 47.3 Å². The number of methoxy groups -OCH3 is 2. The number of aliphatic hydroxyl groups is 1. The maximum Gasteiger partial charge on any atom is 0.152 e. The third kappa shape index (κ3) is 14.7. The summed E-state index contributed by atoms with van der Waals surface area (Å²) in [6, 6.07) is -0.155. The Morgan fingerprint density at radius 1 is 0.778 bits per heavy atom. The van der Waals surface area contributed by atoms with E-state index < -0.39 is 12.2 Å². The number of rotatable bonds is 4. The molecule has 1 aliphatic carbocycles. The zero-order valence-electron chi connectivity index (χ0n) is 20.0. The van der Waals surface area contributed by atoms with Gasteiger partial charge in [-0.15, -0.1) is 0 Å². The Labute approximate surface area is 245 Å². The van der Waals surface area contributed by atoms with Crippen molar-refractivity contribution in [1.29, 1.82) is 0 Å². The average molecular weight is 562 g/mol. The van der Waals surface area contributed by atoms with Gasteiger partial charge in [-0.25, -0.2) is 0 Å². The molecule has 0 aromatic heterocycles. The largest absolute Gasteiger partial charge is 0.390 e. The zero-order valence-corrected chi connectivity index (χ0v) is 23.6. The normalized spacial score (nSPS) is 17.0. The number of aliphatic hydroxyl groups excluding tert-OH is 1.